The lowest BCUT2D eigenvalue weighted by Gasteiger charge is -2.61. The summed E-state index contributed by atoms with van der Waals surface area (Å²) in [6.45, 7) is 7.19. The van der Waals surface area contributed by atoms with E-state index in [0.29, 0.717) is 16.7 Å². The largest absolute Gasteiger partial charge is 0.393 e. The summed E-state index contributed by atoms with van der Waals surface area (Å²) < 4.78 is 0. The quantitative estimate of drug-likeness (QED) is 0.389. The van der Waals surface area contributed by atoms with Crippen molar-refractivity contribution in [1.82, 2.24) is 0 Å². The second kappa shape index (κ2) is 6.16. The topological polar surface area (TPSA) is 69.0 Å². The van der Waals surface area contributed by atoms with Crippen LogP contribution in [0.15, 0.2) is 5.11 Å². The number of aliphatic hydroxyl groups excluding tert-OH is 1. The van der Waals surface area contributed by atoms with E-state index in [9.17, 15) is 5.11 Å². The monoisotopic (exact) mass is 345 g/mol. The zero-order chi connectivity index (χ0) is 17.8. The molecule has 0 aromatic rings. The molecule has 1 N–H and O–H groups in total. The van der Waals surface area contributed by atoms with Crippen LogP contribution < -0.4 is 0 Å². The Morgan fingerprint density at radius 3 is 2.48 bits per heavy atom. The molecular formula is C21H35N3O. The summed E-state index contributed by atoms with van der Waals surface area (Å²) in [5.74, 6) is 3.83. The fourth-order valence-electron chi connectivity index (χ4n) is 8.23. The molecule has 140 valence electrons. The van der Waals surface area contributed by atoms with Gasteiger partial charge in [-0.25, -0.2) is 0 Å². The van der Waals surface area contributed by atoms with E-state index in [1.807, 2.05) is 0 Å². The molecule has 0 aromatic carbocycles. The van der Waals surface area contributed by atoms with Crippen molar-refractivity contribution in [1.29, 1.82) is 0 Å². The number of nitrogens with zero attached hydrogens (tertiary/aromatic N) is 3. The Morgan fingerprint density at radius 1 is 1.00 bits per heavy atom. The predicted molar refractivity (Wildman–Crippen MR) is 99.8 cm³/mol. The maximum absolute atomic E-state index is 10.2. The minimum absolute atomic E-state index is 0.0518. The van der Waals surface area contributed by atoms with Crippen LogP contribution in [0, 0.1) is 40.4 Å². The van der Waals surface area contributed by atoms with Crippen LogP contribution in [0.3, 0.4) is 0 Å². The Labute approximate surface area is 152 Å². The molecule has 0 heterocycles. The third kappa shape index (κ3) is 2.55. The molecule has 4 heteroatoms. The molecule has 9 atom stereocenters. The molecule has 4 nitrogen and oxygen atoms in total. The van der Waals surface area contributed by atoms with E-state index in [2.05, 4.69) is 30.8 Å². The minimum atomic E-state index is -0.0518. The van der Waals surface area contributed by atoms with Crippen molar-refractivity contribution in [3.8, 4) is 0 Å². The number of hydrogen-bond donors (Lipinski definition) is 1. The zero-order valence-electron chi connectivity index (χ0n) is 16.2. The highest BCUT2D eigenvalue weighted by atomic mass is 16.3. The Balaban J connectivity index is 1.59. The predicted octanol–water partition coefficient (Wildman–Crippen LogP) is 5.71. The van der Waals surface area contributed by atoms with E-state index in [1.165, 1.54) is 44.9 Å². The molecule has 4 fully saturated rings. The Kier molecular flexibility index (Phi) is 4.36. The summed E-state index contributed by atoms with van der Waals surface area (Å²) in [7, 11) is 0. The fraction of sp³-hybridized carbons (Fsp3) is 1.00. The van der Waals surface area contributed by atoms with Gasteiger partial charge in [-0.3, -0.25) is 0 Å². The summed E-state index contributed by atoms with van der Waals surface area (Å²) in [6.07, 6.45) is 11.1. The standard InChI is InChI=1S/C21H35N3O/c1-13(23-24-22)17-6-7-18-16-5-4-14-12-15(25)8-10-20(14,2)19(16)9-11-21(17,18)3/h13-19,25H,4-12H2,1-3H3/t13-,14-,15-,16+,17-,18+,19+,20+,21-/m1/s1. The molecule has 0 aliphatic heterocycles. The average molecular weight is 346 g/mol. The van der Waals surface area contributed by atoms with E-state index in [0.717, 1.165) is 36.5 Å². The minimum Gasteiger partial charge on any atom is -0.393 e. The van der Waals surface area contributed by atoms with E-state index in [1.54, 1.807) is 0 Å². The lowest BCUT2D eigenvalue weighted by molar-refractivity contribution is -0.127. The van der Waals surface area contributed by atoms with Gasteiger partial charge in [0.05, 0.1) is 6.10 Å². The van der Waals surface area contributed by atoms with Gasteiger partial charge in [0.2, 0.25) is 0 Å². The van der Waals surface area contributed by atoms with Crippen molar-refractivity contribution in [2.24, 2.45) is 45.5 Å². The van der Waals surface area contributed by atoms with Crippen molar-refractivity contribution >= 4 is 0 Å². The molecule has 4 aliphatic carbocycles. The first kappa shape index (κ1) is 17.7. The molecule has 0 saturated heterocycles. The van der Waals surface area contributed by atoms with Gasteiger partial charge in [-0.1, -0.05) is 25.9 Å². The summed E-state index contributed by atoms with van der Waals surface area (Å²) in [5.41, 5.74) is 9.71. The van der Waals surface area contributed by atoms with Gasteiger partial charge in [-0.05, 0) is 104 Å². The molecular weight excluding hydrogens is 310 g/mol. The third-order valence-corrected chi connectivity index (χ3v) is 9.53. The first-order valence-corrected chi connectivity index (χ1v) is 10.6. The van der Waals surface area contributed by atoms with E-state index >= 15 is 0 Å². The smallest absolute Gasteiger partial charge is 0.0543 e. The molecule has 0 radical (unpaired) electrons. The van der Waals surface area contributed by atoms with Crippen LogP contribution in [0.1, 0.15) is 78.6 Å². The van der Waals surface area contributed by atoms with E-state index in [4.69, 9.17) is 5.53 Å². The first-order valence-electron chi connectivity index (χ1n) is 10.6. The van der Waals surface area contributed by atoms with Crippen LogP contribution in [-0.2, 0) is 0 Å². The molecule has 4 saturated carbocycles. The van der Waals surface area contributed by atoms with E-state index < -0.39 is 0 Å². The van der Waals surface area contributed by atoms with Crippen LogP contribution in [0.25, 0.3) is 10.4 Å². The Morgan fingerprint density at radius 2 is 1.72 bits per heavy atom. The lowest BCUT2D eigenvalue weighted by Crippen LogP contribution is -2.54. The third-order valence-electron chi connectivity index (χ3n) is 9.53. The molecule has 0 bridgehead atoms. The van der Waals surface area contributed by atoms with Crippen LogP contribution >= 0.6 is 0 Å². The van der Waals surface area contributed by atoms with Gasteiger partial charge in [0.15, 0.2) is 0 Å². The highest BCUT2D eigenvalue weighted by molar-refractivity contribution is 5.10. The van der Waals surface area contributed by atoms with Crippen molar-refractivity contribution < 1.29 is 5.11 Å². The van der Waals surface area contributed by atoms with Crippen molar-refractivity contribution in [3.63, 3.8) is 0 Å². The van der Waals surface area contributed by atoms with Gasteiger partial charge < -0.3 is 5.11 Å². The van der Waals surface area contributed by atoms with Gasteiger partial charge in [-0.15, -0.1) is 0 Å². The number of aliphatic hydroxyl groups is 1. The Hall–Kier alpha value is -0.730. The zero-order valence-corrected chi connectivity index (χ0v) is 16.2. The maximum Gasteiger partial charge on any atom is 0.0543 e. The molecule has 0 spiro atoms. The first-order chi connectivity index (χ1) is 11.9. The summed E-state index contributed by atoms with van der Waals surface area (Å²) in [6, 6.07) is 0.133. The fourth-order valence-corrected chi connectivity index (χ4v) is 8.23. The second-order valence-electron chi connectivity index (χ2n) is 10.3. The van der Waals surface area contributed by atoms with Gasteiger partial charge >= 0.3 is 0 Å². The normalized spacial score (nSPS) is 53.1. The van der Waals surface area contributed by atoms with Crippen molar-refractivity contribution in [2.45, 2.75) is 90.7 Å². The van der Waals surface area contributed by atoms with E-state index in [-0.39, 0.29) is 12.1 Å². The molecule has 0 amide bonds. The average Bonchev–Trinajstić information content (AvgIpc) is 2.93. The lowest BCUT2D eigenvalue weighted by atomic mass is 9.44. The maximum atomic E-state index is 10.2. The van der Waals surface area contributed by atoms with Gasteiger partial charge in [-0.2, -0.15) is 0 Å². The molecule has 0 aromatic heterocycles. The van der Waals surface area contributed by atoms with Gasteiger partial charge in [0, 0.05) is 11.0 Å². The van der Waals surface area contributed by atoms with Crippen molar-refractivity contribution in [3.05, 3.63) is 10.4 Å². The Bertz CT molecular complexity index is 573. The molecule has 4 aliphatic rings. The highest BCUT2D eigenvalue weighted by Gasteiger charge is 2.60. The second-order valence-corrected chi connectivity index (χ2v) is 10.3. The van der Waals surface area contributed by atoms with Crippen molar-refractivity contribution in [2.75, 3.05) is 0 Å². The van der Waals surface area contributed by atoms with Crippen LogP contribution in [0.2, 0.25) is 0 Å². The molecule has 25 heavy (non-hydrogen) atoms. The van der Waals surface area contributed by atoms with Gasteiger partial charge in [0.25, 0.3) is 0 Å². The highest BCUT2D eigenvalue weighted by Crippen LogP contribution is 2.67. The molecule has 0 unspecified atom stereocenters. The SMILES string of the molecule is C[C@@H](N=[N+]=[N-])[C@H]1CC[C@H]2[C@@H]3CC[C@@H]4C[C@H](O)CC[C@]4(C)[C@H]3CC[C@]12C. The number of fused-ring (bicyclic) bond motifs is 5. The summed E-state index contributed by atoms with van der Waals surface area (Å²) in [5, 5.41) is 14.2. The summed E-state index contributed by atoms with van der Waals surface area (Å²) in [4.78, 5) is 3.10. The number of azide groups is 1. The number of hydrogen-bond acceptors (Lipinski definition) is 2. The van der Waals surface area contributed by atoms with Crippen LogP contribution in [0.4, 0.5) is 0 Å². The summed E-state index contributed by atoms with van der Waals surface area (Å²) >= 11 is 0. The van der Waals surface area contributed by atoms with Gasteiger partial charge in [0.1, 0.15) is 0 Å². The van der Waals surface area contributed by atoms with Crippen LogP contribution in [-0.4, -0.2) is 17.3 Å². The van der Waals surface area contributed by atoms with Crippen LogP contribution in [0.5, 0.6) is 0 Å². The number of rotatable bonds is 2. The molecule has 4 rings (SSSR count).